The molecule has 2 rings (SSSR count). The van der Waals surface area contributed by atoms with Gasteiger partial charge in [-0.1, -0.05) is 0 Å². The van der Waals surface area contributed by atoms with Gasteiger partial charge in [0.25, 0.3) is 0 Å². The maximum atomic E-state index is 4.34. The molecule has 0 aliphatic heterocycles. The third-order valence-corrected chi connectivity index (χ3v) is 2.27. The predicted octanol–water partition coefficient (Wildman–Crippen LogP) is 2.10. The van der Waals surface area contributed by atoms with Crippen molar-refractivity contribution in [1.29, 1.82) is 0 Å². The number of hydrogen-bond acceptors (Lipinski definition) is 2. The normalized spacial score (nSPS) is 10.6. The number of rotatable bonds is 2. The first-order chi connectivity index (χ1) is 6.36. The average Bonchev–Trinajstić information content (AvgIpc) is 2.60. The van der Waals surface area contributed by atoms with Gasteiger partial charge >= 0.3 is 0 Å². The van der Waals surface area contributed by atoms with E-state index in [0.29, 0.717) is 0 Å². The molecule has 3 nitrogen and oxygen atoms in total. The summed E-state index contributed by atoms with van der Waals surface area (Å²) in [6.45, 7) is 3.08. The highest BCUT2D eigenvalue weighted by atomic mass is 15.0. The lowest BCUT2D eigenvalue weighted by atomic mass is 10.3. The van der Waals surface area contributed by atoms with Crippen molar-refractivity contribution in [1.82, 2.24) is 9.55 Å². The minimum atomic E-state index is 0.962. The van der Waals surface area contributed by atoms with E-state index >= 15 is 0 Å². The highest BCUT2D eigenvalue weighted by Gasteiger charge is 2.03. The quantitative estimate of drug-likeness (QED) is 0.757. The third kappa shape index (κ3) is 1.16. The maximum Gasteiger partial charge on any atom is 0.141 e. The monoisotopic (exact) mass is 175 g/mol. The maximum absolute atomic E-state index is 4.34. The van der Waals surface area contributed by atoms with Gasteiger partial charge in [0.05, 0.1) is 0 Å². The number of nitrogens with one attached hydrogen (secondary N) is 1. The second-order valence-corrected chi connectivity index (χ2v) is 2.95. The van der Waals surface area contributed by atoms with Crippen LogP contribution in [0.4, 0.5) is 5.69 Å². The van der Waals surface area contributed by atoms with Crippen LogP contribution in [0, 0.1) is 0 Å². The summed E-state index contributed by atoms with van der Waals surface area (Å²) in [5.74, 6) is 0. The van der Waals surface area contributed by atoms with Gasteiger partial charge in [-0.2, -0.15) is 0 Å². The van der Waals surface area contributed by atoms with Gasteiger partial charge in [-0.05, 0) is 19.1 Å². The number of pyridine rings is 1. The second kappa shape index (κ2) is 3.09. The summed E-state index contributed by atoms with van der Waals surface area (Å²) in [6, 6.07) is 4.08. The third-order valence-electron chi connectivity index (χ3n) is 2.27. The van der Waals surface area contributed by atoms with E-state index in [1.165, 1.54) is 5.39 Å². The van der Waals surface area contributed by atoms with Gasteiger partial charge in [0.1, 0.15) is 5.65 Å². The molecule has 0 aliphatic rings. The standard InChI is InChI=1S/C10H13N3/c1-3-13-7-5-8-9(11-2)4-6-12-10(8)13/h4-7H,3H2,1-2H3,(H,11,12). The van der Waals surface area contributed by atoms with Gasteiger partial charge < -0.3 is 9.88 Å². The lowest BCUT2D eigenvalue weighted by Gasteiger charge is -2.02. The Morgan fingerprint density at radius 3 is 3.00 bits per heavy atom. The zero-order chi connectivity index (χ0) is 9.26. The molecule has 1 N–H and O–H groups in total. The molecular formula is C10H13N3. The van der Waals surface area contributed by atoms with Crippen molar-refractivity contribution >= 4 is 16.7 Å². The van der Waals surface area contributed by atoms with Gasteiger partial charge in [-0.15, -0.1) is 0 Å². The van der Waals surface area contributed by atoms with Gasteiger partial charge in [0, 0.05) is 37.1 Å². The molecule has 13 heavy (non-hydrogen) atoms. The minimum Gasteiger partial charge on any atom is -0.387 e. The number of aromatic nitrogens is 2. The van der Waals surface area contributed by atoms with Crippen LogP contribution in [0.2, 0.25) is 0 Å². The first-order valence-corrected chi connectivity index (χ1v) is 4.48. The fourth-order valence-corrected chi connectivity index (χ4v) is 1.56. The Balaban J connectivity index is 2.72. The molecule has 0 unspecified atom stereocenters. The zero-order valence-electron chi connectivity index (χ0n) is 7.91. The van der Waals surface area contributed by atoms with Crippen LogP contribution in [0.25, 0.3) is 11.0 Å². The molecule has 0 amide bonds. The van der Waals surface area contributed by atoms with Gasteiger partial charge in [0.15, 0.2) is 0 Å². The molecule has 2 aromatic heterocycles. The zero-order valence-corrected chi connectivity index (χ0v) is 7.91. The van der Waals surface area contributed by atoms with Crippen LogP contribution in [-0.4, -0.2) is 16.6 Å². The molecule has 0 saturated carbocycles. The molecule has 0 aromatic carbocycles. The van der Waals surface area contributed by atoms with Crippen LogP contribution >= 0.6 is 0 Å². The van der Waals surface area contributed by atoms with Crippen molar-refractivity contribution in [2.24, 2.45) is 0 Å². The highest BCUT2D eigenvalue weighted by molar-refractivity contribution is 5.89. The lowest BCUT2D eigenvalue weighted by molar-refractivity contribution is 0.788. The van der Waals surface area contributed by atoms with E-state index in [-0.39, 0.29) is 0 Å². The van der Waals surface area contributed by atoms with Crippen LogP contribution in [0.5, 0.6) is 0 Å². The number of fused-ring (bicyclic) bond motifs is 1. The Morgan fingerprint density at radius 1 is 1.46 bits per heavy atom. The van der Waals surface area contributed by atoms with Crippen LogP contribution < -0.4 is 5.32 Å². The van der Waals surface area contributed by atoms with E-state index < -0.39 is 0 Å². The van der Waals surface area contributed by atoms with Gasteiger partial charge in [0.2, 0.25) is 0 Å². The molecule has 68 valence electrons. The summed E-state index contributed by atoms with van der Waals surface area (Å²) in [5.41, 5.74) is 2.19. The first-order valence-electron chi connectivity index (χ1n) is 4.48. The van der Waals surface area contributed by atoms with Crippen molar-refractivity contribution in [3.05, 3.63) is 24.5 Å². The van der Waals surface area contributed by atoms with Crippen molar-refractivity contribution in [3.8, 4) is 0 Å². The average molecular weight is 175 g/mol. The Bertz CT molecular complexity index is 417. The number of nitrogens with zero attached hydrogens (tertiary/aromatic N) is 2. The molecule has 2 heterocycles. The summed E-state index contributed by atoms with van der Waals surface area (Å²) in [5, 5.41) is 4.34. The van der Waals surface area contributed by atoms with Crippen molar-refractivity contribution < 1.29 is 0 Å². The van der Waals surface area contributed by atoms with E-state index in [4.69, 9.17) is 0 Å². The van der Waals surface area contributed by atoms with Crippen LogP contribution in [0.15, 0.2) is 24.5 Å². The highest BCUT2D eigenvalue weighted by Crippen LogP contribution is 2.21. The number of hydrogen-bond donors (Lipinski definition) is 1. The Morgan fingerprint density at radius 2 is 2.31 bits per heavy atom. The molecule has 0 radical (unpaired) electrons. The second-order valence-electron chi connectivity index (χ2n) is 2.95. The summed E-state index contributed by atoms with van der Waals surface area (Å²) in [7, 11) is 1.93. The molecule has 0 spiro atoms. The Hall–Kier alpha value is -1.51. The van der Waals surface area contributed by atoms with E-state index in [1.807, 2.05) is 19.3 Å². The van der Waals surface area contributed by atoms with Crippen molar-refractivity contribution in [3.63, 3.8) is 0 Å². The first kappa shape index (κ1) is 8.10. The predicted molar refractivity (Wildman–Crippen MR) is 55.0 cm³/mol. The summed E-state index contributed by atoms with van der Waals surface area (Å²) >= 11 is 0. The fraction of sp³-hybridized carbons (Fsp3) is 0.300. The summed E-state index contributed by atoms with van der Waals surface area (Å²) in [4.78, 5) is 4.34. The molecule has 0 atom stereocenters. The van der Waals surface area contributed by atoms with Crippen molar-refractivity contribution in [2.45, 2.75) is 13.5 Å². The van der Waals surface area contributed by atoms with E-state index in [2.05, 4.69) is 34.1 Å². The fourth-order valence-electron chi connectivity index (χ4n) is 1.56. The lowest BCUT2D eigenvalue weighted by Crippen LogP contribution is -1.94. The Labute approximate surface area is 77.4 Å². The van der Waals surface area contributed by atoms with Crippen LogP contribution in [-0.2, 0) is 6.54 Å². The Kier molecular flexibility index (Phi) is 1.93. The SMILES string of the molecule is CCn1ccc2c(NC)ccnc21. The summed E-state index contributed by atoms with van der Waals surface area (Å²) in [6.07, 6.45) is 3.90. The molecule has 0 saturated heterocycles. The largest absolute Gasteiger partial charge is 0.387 e. The molecule has 0 fully saturated rings. The van der Waals surface area contributed by atoms with E-state index in [0.717, 1.165) is 17.9 Å². The van der Waals surface area contributed by atoms with Gasteiger partial charge in [-0.3, -0.25) is 0 Å². The molecule has 0 aliphatic carbocycles. The molecule has 0 bridgehead atoms. The smallest absolute Gasteiger partial charge is 0.141 e. The van der Waals surface area contributed by atoms with Crippen molar-refractivity contribution in [2.75, 3.05) is 12.4 Å². The summed E-state index contributed by atoms with van der Waals surface area (Å²) < 4.78 is 2.14. The number of anilines is 1. The van der Waals surface area contributed by atoms with E-state index in [1.54, 1.807) is 0 Å². The molecular weight excluding hydrogens is 162 g/mol. The van der Waals surface area contributed by atoms with E-state index in [9.17, 15) is 0 Å². The van der Waals surface area contributed by atoms with Gasteiger partial charge in [-0.25, -0.2) is 4.98 Å². The molecule has 3 heteroatoms. The molecule has 2 aromatic rings. The minimum absolute atomic E-state index is 0.962. The number of aryl methyl sites for hydroxylation is 1. The topological polar surface area (TPSA) is 29.9 Å². The van der Waals surface area contributed by atoms with Crippen LogP contribution in [0.3, 0.4) is 0 Å². The van der Waals surface area contributed by atoms with Crippen LogP contribution in [0.1, 0.15) is 6.92 Å².